The van der Waals surface area contributed by atoms with Gasteiger partial charge in [-0.05, 0) is 55.4 Å². The topological polar surface area (TPSA) is 34.1 Å². The third-order valence-electron chi connectivity index (χ3n) is 4.09. The smallest absolute Gasteiger partial charge is 0.158 e. The Morgan fingerprint density at radius 2 is 1.73 bits per heavy atom. The second-order valence-electron chi connectivity index (χ2n) is 6.50. The Kier molecular flexibility index (Phi) is 6.48. The summed E-state index contributed by atoms with van der Waals surface area (Å²) in [7, 11) is 0. The van der Waals surface area contributed by atoms with Crippen LogP contribution in [0.5, 0.6) is 0 Å². The Morgan fingerprint density at radius 1 is 1.09 bits per heavy atom. The molecule has 0 radical (unpaired) electrons. The van der Waals surface area contributed by atoms with Crippen molar-refractivity contribution in [3.05, 3.63) is 58.7 Å². The van der Waals surface area contributed by atoms with Crippen molar-refractivity contribution in [3.8, 4) is 0 Å². The SMILES string of the molecule is CC(C=CC=C(C)C=CC1=C(C)C(=O)CCC1(C)C)=CC=O. The van der Waals surface area contributed by atoms with Gasteiger partial charge in [0.1, 0.15) is 6.29 Å². The van der Waals surface area contributed by atoms with Crippen LogP contribution in [0.1, 0.15) is 47.5 Å². The largest absolute Gasteiger partial charge is 0.299 e. The molecule has 0 unspecified atom stereocenters. The lowest BCUT2D eigenvalue weighted by molar-refractivity contribution is -0.116. The van der Waals surface area contributed by atoms with Gasteiger partial charge in [-0.25, -0.2) is 0 Å². The fraction of sp³-hybridized carbons (Fsp3) is 0.400. The second kappa shape index (κ2) is 7.88. The van der Waals surface area contributed by atoms with E-state index in [-0.39, 0.29) is 11.2 Å². The molecule has 1 aliphatic rings. The number of carbonyl (C=O) groups excluding carboxylic acids is 2. The zero-order valence-corrected chi connectivity index (χ0v) is 14.3. The molecule has 0 amide bonds. The number of aldehydes is 1. The van der Waals surface area contributed by atoms with Crippen molar-refractivity contribution in [1.82, 2.24) is 0 Å². The van der Waals surface area contributed by atoms with E-state index < -0.39 is 0 Å². The molecule has 0 aliphatic heterocycles. The first kappa shape index (κ1) is 18.1. The Labute approximate surface area is 134 Å². The lowest BCUT2D eigenvalue weighted by Crippen LogP contribution is -2.24. The summed E-state index contributed by atoms with van der Waals surface area (Å²) < 4.78 is 0. The van der Waals surface area contributed by atoms with E-state index in [0.29, 0.717) is 6.42 Å². The van der Waals surface area contributed by atoms with Gasteiger partial charge in [0.05, 0.1) is 0 Å². The molecule has 0 saturated carbocycles. The van der Waals surface area contributed by atoms with Gasteiger partial charge >= 0.3 is 0 Å². The van der Waals surface area contributed by atoms with Gasteiger partial charge in [-0.2, -0.15) is 0 Å². The van der Waals surface area contributed by atoms with Gasteiger partial charge in [0.15, 0.2) is 5.78 Å². The third kappa shape index (κ3) is 5.10. The number of hydrogen-bond donors (Lipinski definition) is 0. The number of allylic oxidation sites excluding steroid dienone is 10. The van der Waals surface area contributed by atoms with E-state index in [9.17, 15) is 9.59 Å². The van der Waals surface area contributed by atoms with Gasteiger partial charge in [0.2, 0.25) is 0 Å². The number of hydrogen-bond acceptors (Lipinski definition) is 2. The predicted molar refractivity (Wildman–Crippen MR) is 92.6 cm³/mol. The predicted octanol–water partition coefficient (Wildman–Crippen LogP) is 4.90. The highest BCUT2D eigenvalue weighted by Crippen LogP contribution is 2.39. The van der Waals surface area contributed by atoms with Crippen LogP contribution in [0.15, 0.2) is 58.7 Å². The fourth-order valence-corrected chi connectivity index (χ4v) is 2.54. The van der Waals surface area contributed by atoms with Crippen LogP contribution in [-0.2, 0) is 9.59 Å². The molecule has 0 aromatic heterocycles. The Balaban J connectivity index is 2.90. The Bertz CT molecular complexity index is 593. The van der Waals surface area contributed by atoms with Crippen LogP contribution in [0.2, 0.25) is 0 Å². The maximum atomic E-state index is 11.9. The molecule has 1 rings (SSSR count). The molecule has 0 aromatic rings. The Hall–Kier alpha value is -1.96. The summed E-state index contributed by atoms with van der Waals surface area (Å²) in [6, 6.07) is 0. The summed E-state index contributed by atoms with van der Waals surface area (Å²) in [6.07, 6.45) is 13.8. The molecule has 1 aliphatic carbocycles. The molecule has 22 heavy (non-hydrogen) atoms. The highest BCUT2D eigenvalue weighted by molar-refractivity contribution is 5.97. The van der Waals surface area contributed by atoms with E-state index in [1.807, 2.05) is 45.1 Å². The molecule has 0 aromatic carbocycles. The maximum Gasteiger partial charge on any atom is 0.158 e. The van der Waals surface area contributed by atoms with Gasteiger partial charge in [-0.1, -0.05) is 49.8 Å². The van der Waals surface area contributed by atoms with Gasteiger partial charge in [-0.15, -0.1) is 0 Å². The van der Waals surface area contributed by atoms with E-state index in [1.54, 1.807) is 0 Å². The van der Waals surface area contributed by atoms with Crippen molar-refractivity contribution in [2.75, 3.05) is 0 Å². The molecule has 2 heteroatoms. The zero-order valence-electron chi connectivity index (χ0n) is 14.3. The van der Waals surface area contributed by atoms with Crippen LogP contribution in [-0.4, -0.2) is 12.1 Å². The summed E-state index contributed by atoms with van der Waals surface area (Å²) in [5.74, 6) is 0.259. The van der Waals surface area contributed by atoms with E-state index in [4.69, 9.17) is 0 Å². The van der Waals surface area contributed by atoms with Crippen molar-refractivity contribution >= 4 is 12.1 Å². The summed E-state index contributed by atoms with van der Waals surface area (Å²) in [4.78, 5) is 22.2. The lowest BCUT2D eigenvalue weighted by Gasteiger charge is -2.32. The molecule has 0 spiro atoms. The van der Waals surface area contributed by atoms with Crippen LogP contribution < -0.4 is 0 Å². The molecule has 2 nitrogen and oxygen atoms in total. The summed E-state index contributed by atoms with van der Waals surface area (Å²) in [6.45, 7) is 10.2. The average molecular weight is 298 g/mol. The minimum Gasteiger partial charge on any atom is -0.299 e. The fourth-order valence-electron chi connectivity index (χ4n) is 2.54. The van der Waals surface area contributed by atoms with Crippen LogP contribution in [0.3, 0.4) is 0 Å². The van der Waals surface area contributed by atoms with Gasteiger partial charge in [-0.3, -0.25) is 9.59 Å². The highest BCUT2D eigenvalue weighted by Gasteiger charge is 2.30. The number of ketones is 1. The molecule has 0 saturated heterocycles. The first-order valence-corrected chi connectivity index (χ1v) is 7.67. The Morgan fingerprint density at radius 3 is 2.36 bits per heavy atom. The van der Waals surface area contributed by atoms with E-state index in [2.05, 4.69) is 19.9 Å². The summed E-state index contributed by atoms with van der Waals surface area (Å²) in [5, 5.41) is 0. The minimum absolute atomic E-state index is 0.0495. The number of Topliss-reactive ketones (excluding diaryl/α,β-unsaturated/α-hetero) is 1. The van der Waals surface area contributed by atoms with Crippen molar-refractivity contribution in [2.24, 2.45) is 5.41 Å². The second-order valence-corrected chi connectivity index (χ2v) is 6.50. The molecule has 0 heterocycles. The zero-order chi connectivity index (χ0) is 16.8. The van der Waals surface area contributed by atoms with Gasteiger partial charge in [0, 0.05) is 6.42 Å². The molecular weight excluding hydrogens is 272 g/mol. The summed E-state index contributed by atoms with van der Waals surface area (Å²) in [5.41, 5.74) is 4.09. The normalized spacial score (nSPS) is 20.3. The van der Waals surface area contributed by atoms with E-state index >= 15 is 0 Å². The first-order chi connectivity index (χ1) is 10.3. The van der Waals surface area contributed by atoms with E-state index in [0.717, 1.165) is 35.0 Å². The quantitative estimate of drug-likeness (QED) is 0.411. The molecule has 0 bridgehead atoms. The average Bonchev–Trinajstić information content (AvgIpc) is 2.43. The number of rotatable bonds is 5. The van der Waals surface area contributed by atoms with Crippen molar-refractivity contribution in [3.63, 3.8) is 0 Å². The minimum atomic E-state index is 0.0495. The van der Waals surface area contributed by atoms with Crippen LogP contribution in [0.25, 0.3) is 0 Å². The molecular formula is C20H26O2. The van der Waals surface area contributed by atoms with Crippen molar-refractivity contribution in [2.45, 2.75) is 47.5 Å². The van der Waals surface area contributed by atoms with Crippen molar-refractivity contribution < 1.29 is 9.59 Å². The van der Waals surface area contributed by atoms with Gasteiger partial charge in [0.25, 0.3) is 0 Å². The van der Waals surface area contributed by atoms with Crippen LogP contribution in [0.4, 0.5) is 0 Å². The van der Waals surface area contributed by atoms with Crippen LogP contribution >= 0.6 is 0 Å². The highest BCUT2D eigenvalue weighted by atomic mass is 16.1. The van der Waals surface area contributed by atoms with Crippen LogP contribution in [0, 0.1) is 5.41 Å². The summed E-state index contributed by atoms with van der Waals surface area (Å²) >= 11 is 0. The monoisotopic (exact) mass is 298 g/mol. The third-order valence-corrected chi connectivity index (χ3v) is 4.09. The number of carbonyl (C=O) groups is 2. The van der Waals surface area contributed by atoms with E-state index in [1.165, 1.54) is 6.08 Å². The maximum absolute atomic E-state index is 11.9. The standard InChI is InChI=1S/C20H26O2/c1-15(7-6-8-16(2)12-14-21)9-10-18-17(3)19(22)11-13-20(18,4)5/h6-10,12,14H,11,13H2,1-5H3. The first-order valence-electron chi connectivity index (χ1n) is 7.67. The van der Waals surface area contributed by atoms with Crippen molar-refractivity contribution in [1.29, 1.82) is 0 Å². The molecule has 0 N–H and O–H groups in total. The molecule has 0 atom stereocenters. The molecule has 118 valence electrons. The lowest BCUT2D eigenvalue weighted by atomic mass is 9.72. The van der Waals surface area contributed by atoms with Gasteiger partial charge < -0.3 is 0 Å². The molecule has 0 fully saturated rings.